The van der Waals surface area contributed by atoms with E-state index in [4.69, 9.17) is 0 Å². The van der Waals surface area contributed by atoms with Crippen LogP contribution in [0.15, 0.2) is 18.2 Å². The number of piperidine rings is 1. The predicted molar refractivity (Wildman–Crippen MR) is 93.4 cm³/mol. The molecule has 2 bridgehead atoms. The molecule has 4 rings (SSSR count). The Morgan fingerprint density at radius 2 is 1.77 bits per heavy atom. The van der Waals surface area contributed by atoms with Crippen molar-refractivity contribution in [2.45, 2.75) is 25.3 Å². The minimum atomic E-state index is -0.668. The Labute approximate surface area is 152 Å². The third-order valence-corrected chi connectivity index (χ3v) is 5.24. The highest BCUT2D eigenvalue weighted by Crippen LogP contribution is 2.28. The van der Waals surface area contributed by atoms with E-state index >= 15 is 0 Å². The third kappa shape index (κ3) is 4.38. The largest absolute Gasteiger partial charge is 0.348 e. The first-order valence-electron chi connectivity index (χ1n) is 8.98. The van der Waals surface area contributed by atoms with E-state index in [9.17, 15) is 18.4 Å². The Balaban J connectivity index is 1.67. The monoisotopic (exact) mass is 365 g/mol. The molecule has 3 fully saturated rings. The predicted octanol–water partition coefficient (Wildman–Crippen LogP) is 1.52. The van der Waals surface area contributed by atoms with Crippen LogP contribution in [-0.4, -0.2) is 72.8 Å². The van der Waals surface area contributed by atoms with E-state index < -0.39 is 11.6 Å². The molecule has 3 aliphatic heterocycles. The van der Waals surface area contributed by atoms with E-state index in [-0.39, 0.29) is 24.3 Å². The molecule has 3 saturated heterocycles. The Morgan fingerprint density at radius 1 is 1.08 bits per heavy atom. The standard InChI is InChI=1S/C19H25F2N3O2/c1-22(2)19(26)12-23-9-13-3-4-17(11-23)24(10-13)18(25)7-14-5-15(20)8-16(21)6-14/h5-6,8,13,17H,3-4,7,9-12H2,1-2H3/t13-,17+/m0/s1. The highest BCUT2D eigenvalue weighted by Gasteiger charge is 2.37. The Bertz CT molecular complexity index is 675. The number of hydrogen-bond acceptors (Lipinski definition) is 3. The molecule has 3 heterocycles. The molecular formula is C19H25F2N3O2. The van der Waals surface area contributed by atoms with Crippen molar-refractivity contribution < 1.29 is 18.4 Å². The average molecular weight is 365 g/mol. The second-order valence-corrected chi connectivity index (χ2v) is 7.58. The molecule has 2 amide bonds. The van der Waals surface area contributed by atoms with Crippen molar-refractivity contribution in [1.29, 1.82) is 0 Å². The van der Waals surface area contributed by atoms with E-state index in [1.165, 1.54) is 12.1 Å². The summed E-state index contributed by atoms with van der Waals surface area (Å²) in [6.45, 7) is 2.47. The van der Waals surface area contributed by atoms with Crippen LogP contribution in [0.5, 0.6) is 0 Å². The number of rotatable bonds is 4. The summed E-state index contributed by atoms with van der Waals surface area (Å²) in [5.41, 5.74) is 0.354. The summed E-state index contributed by atoms with van der Waals surface area (Å²) in [7, 11) is 3.48. The fourth-order valence-electron chi connectivity index (χ4n) is 3.94. The topological polar surface area (TPSA) is 43.9 Å². The van der Waals surface area contributed by atoms with Gasteiger partial charge in [-0.3, -0.25) is 14.5 Å². The van der Waals surface area contributed by atoms with Crippen LogP contribution in [0.1, 0.15) is 18.4 Å². The smallest absolute Gasteiger partial charge is 0.236 e. The van der Waals surface area contributed by atoms with E-state index in [0.29, 0.717) is 31.1 Å². The van der Waals surface area contributed by atoms with Gasteiger partial charge >= 0.3 is 0 Å². The minimum absolute atomic E-state index is 0.00543. The fraction of sp³-hybridized carbons (Fsp3) is 0.579. The maximum atomic E-state index is 13.4. The molecule has 0 aliphatic carbocycles. The fourth-order valence-corrected chi connectivity index (χ4v) is 3.94. The van der Waals surface area contributed by atoms with Gasteiger partial charge in [-0.25, -0.2) is 8.78 Å². The van der Waals surface area contributed by atoms with E-state index in [1.54, 1.807) is 19.0 Å². The molecule has 0 aromatic heterocycles. The zero-order chi connectivity index (χ0) is 18.8. The van der Waals surface area contributed by atoms with Gasteiger partial charge in [-0.05, 0) is 36.5 Å². The number of amides is 2. The third-order valence-electron chi connectivity index (χ3n) is 5.24. The number of likely N-dealkylation sites (N-methyl/N-ethyl adjacent to an activating group) is 1. The number of fused-ring (bicyclic) bond motifs is 4. The molecule has 0 spiro atoms. The zero-order valence-corrected chi connectivity index (χ0v) is 15.3. The molecule has 0 radical (unpaired) electrons. The molecule has 7 heteroatoms. The first-order valence-corrected chi connectivity index (χ1v) is 8.98. The highest BCUT2D eigenvalue weighted by atomic mass is 19.1. The number of carbonyl (C=O) groups is 2. The normalized spacial score (nSPS) is 23.0. The lowest BCUT2D eigenvalue weighted by atomic mass is 9.94. The Morgan fingerprint density at radius 3 is 2.42 bits per heavy atom. The second kappa shape index (κ2) is 7.70. The number of nitrogens with zero attached hydrogens (tertiary/aromatic N) is 3. The molecule has 1 aromatic carbocycles. The molecule has 0 unspecified atom stereocenters. The molecular weight excluding hydrogens is 340 g/mol. The lowest BCUT2D eigenvalue weighted by Crippen LogP contribution is -2.48. The van der Waals surface area contributed by atoms with Gasteiger partial charge in [-0.15, -0.1) is 0 Å². The van der Waals surface area contributed by atoms with Gasteiger partial charge in [0.25, 0.3) is 0 Å². The van der Waals surface area contributed by atoms with Crippen LogP contribution < -0.4 is 0 Å². The van der Waals surface area contributed by atoms with Crippen molar-refractivity contribution >= 4 is 11.8 Å². The van der Waals surface area contributed by atoms with Crippen LogP contribution in [0.25, 0.3) is 0 Å². The summed E-state index contributed by atoms with van der Waals surface area (Å²) in [6.07, 6.45) is 1.94. The summed E-state index contributed by atoms with van der Waals surface area (Å²) in [6, 6.07) is 3.27. The van der Waals surface area contributed by atoms with Crippen LogP contribution in [0.4, 0.5) is 8.78 Å². The van der Waals surface area contributed by atoms with Crippen LogP contribution in [0.2, 0.25) is 0 Å². The molecule has 0 N–H and O–H groups in total. The maximum Gasteiger partial charge on any atom is 0.236 e. The number of benzene rings is 1. The van der Waals surface area contributed by atoms with E-state index in [2.05, 4.69) is 4.90 Å². The van der Waals surface area contributed by atoms with Crippen LogP contribution >= 0.6 is 0 Å². The Kier molecular flexibility index (Phi) is 5.55. The van der Waals surface area contributed by atoms with E-state index in [1.807, 2.05) is 4.90 Å². The lowest BCUT2D eigenvalue weighted by molar-refractivity contribution is -0.134. The van der Waals surface area contributed by atoms with Crippen molar-refractivity contribution in [3.63, 3.8) is 0 Å². The number of carbonyl (C=O) groups excluding carboxylic acids is 2. The number of hydrogen-bond donors (Lipinski definition) is 0. The molecule has 5 nitrogen and oxygen atoms in total. The molecule has 1 aromatic rings. The highest BCUT2D eigenvalue weighted by molar-refractivity contribution is 5.79. The second-order valence-electron chi connectivity index (χ2n) is 7.58. The van der Waals surface area contributed by atoms with E-state index in [0.717, 1.165) is 25.5 Å². The maximum absolute atomic E-state index is 13.4. The van der Waals surface area contributed by atoms with Gasteiger partial charge in [-0.1, -0.05) is 0 Å². The van der Waals surface area contributed by atoms with Gasteiger partial charge in [0.1, 0.15) is 11.6 Å². The quantitative estimate of drug-likeness (QED) is 0.813. The Hall–Kier alpha value is -2.02. The van der Waals surface area contributed by atoms with Crippen LogP contribution in [-0.2, 0) is 16.0 Å². The number of halogens is 2. The molecule has 2 atom stereocenters. The van der Waals surface area contributed by atoms with Crippen molar-refractivity contribution in [3.8, 4) is 0 Å². The summed E-state index contributed by atoms with van der Waals surface area (Å²) in [5, 5.41) is 0. The summed E-state index contributed by atoms with van der Waals surface area (Å²) in [4.78, 5) is 30.3. The zero-order valence-electron chi connectivity index (χ0n) is 15.3. The molecule has 142 valence electrons. The van der Waals surface area contributed by atoms with Crippen molar-refractivity contribution in [2.75, 3.05) is 40.3 Å². The van der Waals surface area contributed by atoms with Crippen molar-refractivity contribution in [2.24, 2.45) is 5.92 Å². The first kappa shape index (κ1) is 18.8. The molecule has 3 aliphatic rings. The van der Waals surface area contributed by atoms with Gasteiger partial charge < -0.3 is 9.80 Å². The molecule has 0 saturated carbocycles. The van der Waals surface area contributed by atoms with Gasteiger partial charge in [-0.2, -0.15) is 0 Å². The van der Waals surface area contributed by atoms with Gasteiger partial charge in [0.15, 0.2) is 0 Å². The summed E-state index contributed by atoms with van der Waals surface area (Å²) >= 11 is 0. The van der Waals surface area contributed by atoms with Gasteiger partial charge in [0.05, 0.1) is 13.0 Å². The summed E-state index contributed by atoms with van der Waals surface area (Å²) < 4.78 is 26.7. The lowest BCUT2D eigenvalue weighted by Gasteiger charge is -2.36. The van der Waals surface area contributed by atoms with Gasteiger partial charge in [0.2, 0.25) is 11.8 Å². The van der Waals surface area contributed by atoms with Crippen molar-refractivity contribution in [1.82, 2.24) is 14.7 Å². The van der Waals surface area contributed by atoms with Crippen LogP contribution in [0, 0.1) is 17.6 Å². The summed E-state index contributed by atoms with van der Waals surface area (Å²) in [5.74, 6) is -1.06. The van der Waals surface area contributed by atoms with Crippen molar-refractivity contribution in [3.05, 3.63) is 35.4 Å². The average Bonchev–Trinajstić information content (AvgIpc) is 2.84. The van der Waals surface area contributed by atoms with Gasteiger partial charge in [0, 0.05) is 45.8 Å². The van der Waals surface area contributed by atoms with Crippen LogP contribution in [0.3, 0.4) is 0 Å². The molecule has 26 heavy (non-hydrogen) atoms. The SMILES string of the molecule is CN(C)C(=O)CN1C[C@@H]2CC[C@H](C1)N(C(=O)Cc1cc(F)cc(F)c1)C2. The minimum Gasteiger partial charge on any atom is -0.348 e. The first-order chi connectivity index (χ1) is 12.3.